The maximum Gasteiger partial charge on any atom is 0.177 e. The van der Waals surface area contributed by atoms with Crippen LogP contribution in [-0.4, -0.2) is 14.6 Å². The largest absolute Gasteiger partial charge is 0.396 e. The number of nitrogens with two attached hydrogens (primary N) is 2. The van der Waals surface area contributed by atoms with E-state index in [0.717, 1.165) is 23.7 Å². The van der Waals surface area contributed by atoms with Gasteiger partial charge in [-0.2, -0.15) is 0 Å². The summed E-state index contributed by atoms with van der Waals surface area (Å²) in [6.07, 6.45) is 9.71. The van der Waals surface area contributed by atoms with E-state index in [4.69, 9.17) is 11.5 Å². The normalized spacial score (nSPS) is 17.3. The Hall–Kier alpha value is -1.78. The minimum atomic E-state index is 0.432. The van der Waals surface area contributed by atoms with E-state index in [1.165, 1.54) is 32.1 Å². The van der Waals surface area contributed by atoms with Gasteiger partial charge in [-0.25, -0.2) is 9.50 Å². The third-order valence-corrected chi connectivity index (χ3v) is 3.75. The second-order valence-electron chi connectivity index (χ2n) is 5.23. The molecule has 1 fully saturated rings. The minimum Gasteiger partial charge on any atom is -0.396 e. The topological polar surface area (TPSA) is 82.2 Å². The highest BCUT2D eigenvalue weighted by atomic mass is 15.3. The van der Waals surface area contributed by atoms with Gasteiger partial charge < -0.3 is 11.5 Å². The van der Waals surface area contributed by atoms with E-state index in [-0.39, 0.29) is 0 Å². The van der Waals surface area contributed by atoms with Crippen LogP contribution in [0.3, 0.4) is 0 Å². The summed E-state index contributed by atoms with van der Waals surface area (Å²) in [6.45, 7) is 0. The number of aromatic nitrogens is 3. The van der Waals surface area contributed by atoms with Gasteiger partial charge in [0.05, 0.1) is 17.6 Å². The first kappa shape index (κ1) is 11.3. The number of rotatable bonds is 2. The molecule has 3 rings (SSSR count). The summed E-state index contributed by atoms with van der Waals surface area (Å²) >= 11 is 0. The summed E-state index contributed by atoms with van der Waals surface area (Å²) in [5.74, 6) is 1.20. The van der Waals surface area contributed by atoms with E-state index in [0.29, 0.717) is 11.5 Å². The molecule has 1 aliphatic rings. The number of nitrogens with zero attached hydrogens (tertiary/aromatic N) is 3. The van der Waals surface area contributed by atoms with Crippen molar-refractivity contribution < 1.29 is 0 Å². The van der Waals surface area contributed by atoms with Crippen LogP contribution in [0.25, 0.3) is 5.65 Å². The molecule has 5 nitrogen and oxygen atoms in total. The standard InChI is InChI=1S/C13H19N5/c14-11-7-12(15)17-18-8-10(16-13(11)18)6-9-4-2-1-3-5-9/h7-9H,1-6,14H2,(H2,15,17). The first-order valence-electron chi connectivity index (χ1n) is 6.62. The Kier molecular flexibility index (Phi) is 2.81. The molecule has 5 heteroatoms. The molecule has 0 aromatic carbocycles. The Labute approximate surface area is 106 Å². The van der Waals surface area contributed by atoms with Crippen molar-refractivity contribution in [2.24, 2.45) is 5.92 Å². The van der Waals surface area contributed by atoms with Gasteiger partial charge >= 0.3 is 0 Å². The maximum absolute atomic E-state index is 5.90. The Bertz CT molecular complexity index is 554. The van der Waals surface area contributed by atoms with Crippen molar-refractivity contribution in [1.29, 1.82) is 0 Å². The summed E-state index contributed by atoms with van der Waals surface area (Å²) in [7, 11) is 0. The summed E-state index contributed by atoms with van der Waals surface area (Å²) in [6, 6.07) is 1.66. The van der Waals surface area contributed by atoms with Gasteiger partial charge in [0.1, 0.15) is 5.82 Å². The van der Waals surface area contributed by atoms with Gasteiger partial charge in [0.2, 0.25) is 0 Å². The smallest absolute Gasteiger partial charge is 0.177 e. The van der Waals surface area contributed by atoms with Crippen molar-refractivity contribution in [2.75, 3.05) is 11.5 Å². The van der Waals surface area contributed by atoms with Crippen LogP contribution in [-0.2, 0) is 6.42 Å². The van der Waals surface area contributed by atoms with E-state index >= 15 is 0 Å². The molecule has 96 valence electrons. The quantitative estimate of drug-likeness (QED) is 0.848. The molecular weight excluding hydrogens is 226 g/mol. The lowest BCUT2D eigenvalue weighted by molar-refractivity contribution is 0.354. The third-order valence-electron chi connectivity index (χ3n) is 3.75. The zero-order chi connectivity index (χ0) is 12.5. The van der Waals surface area contributed by atoms with Gasteiger partial charge in [-0.15, -0.1) is 5.10 Å². The predicted molar refractivity (Wildman–Crippen MR) is 72.1 cm³/mol. The van der Waals surface area contributed by atoms with Crippen molar-refractivity contribution in [3.8, 4) is 0 Å². The molecule has 0 amide bonds. The van der Waals surface area contributed by atoms with Crippen LogP contribution in [0.4, 0.5) is 11.5 Å². The number of imidazole rings is 1. The number of fused-ring (bicyclic) bond motifs is 1. The Morgan fingerprint density at radius 1 is 1.22 bits per heavy atom. The molecule has 0 atom stereocenters. The molecule has 0 aliphatic heterocycles. The highest BCUT2D eigenvalue weighted by Gasteiger charge is 2.16. The summed E-state index contributed by atoms with van der Waals surface area (Å²) < 4.78 is 1.70. The first-order chi connectivity index (χ1) is 8.72. The molecule has 0 bridgehead atoms. The van der Waals surface area contributed by atoms with E-state index in [2.05, 4.69) is 10.1 Å². The fourth-order valence-corrected chi connectivity index (χ4v) is 2.85. The summed E-state index contributed by atoms with van der Waals surface area (Å²) in [5, 5.41) is 4.20. The van der Waals surface area contributed by atoms with Crippen molar-refractivity contribution in [3.05, 3.63) is 18.0 Å². The average molecular weight is 245 g/mol. The molecule has 0 spiro atoms. The number of hydrogen-bond donors (Lipinski definition) is 2. The zero-order valence-corrected chi connectivity index (χ0v) is 10.5. The Morgan fingerprint density at radius 3 is 2.78 bits per heavy atom. The van der Waals surface area contributed by atoms with Crippen LogP contribution in [0.5, 0.6) is 0 Å². The molecule has 4 N–H and O–H groups in total. The molecule has 1 aliphatic carbocycles. The summed E-state index contributed by atoms with van der Waals surface area (Å²) in [5.41, 5.74) is 14.0. The molecule has 0 saturated heterocycles. The van der Waals surface area contributed by atoms with Gasteiger partial charge in [-0.3, -0.25) is 0 Å². The van der Waals surface area contributed by atoms with E-state index in [1.807, 2.05) is 6.20 Å². The molecular formula is C13H19N5. The lowest BCUT2D eigenvalue weighted by Gasteiger charge is -2.20. The maximum atomic E-state index is 5.90. The molecule has 2 aromatic rings. The monoisotopic (exact) mass is 245 g/mol. The van der Waals surface area contributed by atoms with Gasteiger partial charge in [-0.05, 0) is 12.3 Å². The SMILES string of the molecule is Nc1cc(N)c2nc(CC3CCCCC3)cn2n1. The van der Waals surface area contributed by atoms with Gasteiger partial charge in [0.15, 0.2) is 5.65 Å². The molecule has 1 saturated carbocycles. The molecule has 2 heterocycles. The Morgan fingerprint density at radius 2 is 2.00 bits per heavy atom. The molecule has 2 aromatic heterocycles. The van der Waals surface area contributed by atoms with Crippen molar-refractivity contribution in [2.45, 2.75) is 38.5 Å². The van der Waals surface area contributed by atoms with Crippen LogP contribution in [0, 0.1) is 5.92 Å². The van der Waals surface area contributed by atoms with E-state index < -0.39 is 0 Å². The van der Waals surface area contributed by atoms with Crippen LogP contribution in [0.15, 0.2) is 12.3 Å². The summed E-state index contributed by atoms with van der Waals surface area (Å²) in [4.78, 5) is 4.57. The third kappa shape index (κ3) is 2.12. The van der Waals surface area contributed by atoms with Gasteiger partial charge in [-0.1, -0.05) is 32.1 Å². The Balaban J connectivity index is 1.86. The van der Waals surface area contributed by atoms with Crippen molar-refractivity contribution in [1.82, 2.24) is 14.6 Å². The first-order valence-corrected chi connectivity index (χ1v) is 6.62. The van der Waals surface area contributed by atoms with Crippen molar-refractivity contribution >= 4 is 17.2 Å². The lowest BCUT2D eigenvalue weighted by Crippen LogP contribution is -2.09. The number of anilines is 2. The predicted octanol–water partition coefficient (Wildman–Crippen LogP) is 2.02. The van der Waals surface area contributed by atoms with Crippen molar-refractivity contribution in [3.63, 3.8) is 0 Å². The lowest BCUT2D eigenvalue weighted by atomic mass is 9.86. The highest BCUT2D eigenvalue weighted by Crippen LogP contribution is 2.27. The fourth-order valence-electron chi connectivity index (χ4n) is 2.85. The zero-order valence-electron chi connectivity index (χ0n) is 10.5. The number of nitrogen functional groups attached to an aromatic ring is 2. The second-order valence-corrected chi connectivity index (χ2v) is 5.23. The molecule has 18 heavy (non-hydrogen) atoms. The average Bonchev–Trinajstić information content (AvgIpc) is 2.73. The minimum absolute atomic E-state index is 0.432. The van der Waals surface area contributed by atoms with Crippen LogP contribution in [0.2, 0.25) is 0 Å². The second kappa shape index (κ2) is 4.48. The molecule has 0 radical (unpaired) electrons. The molecule has 0 unspecified atom stereocenters. The fraction of sp³-hybridized carbons (Fsp3) is 0.538. The van der Waals surface area contributed by atoms with E-state index in [1.54, 1.807) is 10.6 Å². The van der Waals surface area contributed by atoms with E-state index in [9.17, 15) is 0 Å². The number of hydrogen-bond acceptors (Lipinski definition) is 4. The van der Waals surface area contributed by atoms with Crippen LogP contribution >= 0.6 is 0 Å². The van der Waals surface area contributed by atoms with Crippen LogP contribution in [0.1, 0.15) is 37.8 Å². The highest BCUT2D eigenvalue weighted by molar-refractivity contribution is 5.67. The van der Waals surface area contributed by atoms with Gasteiger partial charge in [0, 0.05) is 6.07 Å². The van der Waals surface area contributed by atoms with Crippen LogP contribution < -0.4 is 11.5 Å². The van der Waals surface area contributed by atoms with Gasteiger partial charge in [0.25, 0.3) is 0 Å².